The van der Waals surface area contributed by atoms with Gasteiger partial charge in [-0.05, 0) is 48.9 Å². The summed E-state index contributed by atoms with van der Waals surface area (Å²) in [7, 11) is 0. The van der Waals surface area contributed by atoms with Crippen LogP contribution in [0.1, 0.15) is 47.2 Å². The number of hydrogen-bond acceptors (Lipinski definition) is 6. The molecule has 8 heteroatoms. The highest BCUT2D eigenvalue weighted by Crippen LogP contribution is 2.23. The second-order valence-corrected chi connectivity index (χ2v) is 7.13. The van der Waals surface area contributed by atoms with Crippen molar-refractivity contribution in [1.29, 1.82) is 0 Å². The molecule has 3 rings (SSSR count). The van der Waals surface area contributed by atoms with Crippen molar-refractivity contribution in [3.05, 3.63) is 69.3 Å². The molecule has 30 heavy (non-hydrogen) atoms. The van der Waals surface area contributed by atoms with Gasteiger partial charge in [0.2, 0.25) is 0 Å². The first kappa shape index (κ1) is 21.2. The third-order valence-electron chi connectivity index (χ3n) is 4.93. The molecule has 1 N–H and O–H groups in total. The minimum absolute atomic E-state index is 0.00409. The predicted molar refractivity (Wildman–Crippen MR) is 109 cm³/mol. The molecule has 156 valence electrons. The third kappa shape index (κ3) is 5.73. The van der Waals surface area contributed by atoms with Gasteiger partial charge in [-0.25, -0.2) is 0 Å². The van der Waals surface area contributed by atoms with Gasteiger partial charge in [-0.1, -0.05) is 18.2 Å². The number of nitrogens with zero attached hydrogens (tertiary/aromatic N) is 1. The molecule has 0 bridgehead atoms. The van der Waals surface area contributed by atoms with Crippen molar-refractivity contribution < 1.29 is 24.0 Å². The van der Waals surface area contributed by atoms with Crippen LogP contribution in [-0.2, 0) is 27.2 Å². The summed E-state index contributed by atoms with van der Waals surface area (Å²) in [6, 6.07) is 11.1. The minimum Gasteiger partial charge on any atom is -0.456 e. The second kappa shape index (κ2) is 9.78. The number of carbonyl (C=O) groups is 3. The van der Waals surface area contributed by atoms with E-state index in [2.05, 4.69) is 5.32 Å². The maximum Gasteiger partial charge on any atom is 0.306 e. The number of fused-ring (bicyclic) bond motifs is 1. The molecule has 1 aliphatic rings. The van der Waals surface area contributed by atoms with Crippen LogP contribution in [0.5, 0.6) is 0 Å². The molecule has 0 atom stereocenters. The van der Waals surface area contributed by atoms with Gasteiger partial charge in [-0.3, -0.25) is 24.5 Å². The van der Waals surface area contributed by atoms with Crippen molar-refractivity contribution in [3.63, 3.8) is 0 Å². The van der Waals surface area contributed by atoms with Gasteiger partial charge in [0.25, 0.3) is 11.6 Å². The van der Waals surface area contributed by atoms with Crippen molar-refractivity contribution in [2.45, 2.75) is 38.5 Å². The number of amides is 1. The molecule has 0 heterocycles. The van der Waals surface area contributed by atoms with Crippen LogP contribution in [0.2, 0.25) is 0 Å². The van der Waals surface area contributed by atoms with E-state index in [-0.39, 0.29) is 30.0 Å². The summed E-state index contributed by atoms with van der Waals surface area (Å²) in [5.41, 5.74) is 3.14. The Bertz CT molecular complexity index is 985. The van der Waals surface area contributed by atoms with E-state index < -0.39 is 23.4 Å². The topological polar surface area (TPSA) is 116 Å². The van der Waals surface area contributed by atoms with Crippen LogP contribution in [0.4, 0.5) is 11.4 Å². The zero-order valence-corrected chi connectivity index (χ0v) is 16.4. The number of nitrogens with one attached hydrogen (secondary N) is 1. The Balaban J connectivity index is 1.43. The first-order chi connectivity index (χ1) is 14.4. The van der Waals surface area contributed by atoms with Crippen LogP contribution in [0, 0.1) is 10.1 Å². The van der Waals surface area contributed by atoms with Crippen molar-refractivity contribution in [2.24, 2.45) is 0 Å². The zero-order chi connectivity index (χ0) is 21.5. The Hall–Kier alpha value is -3.55. The van der Waals surface area contributed by atoms with Gasteiger partial charge < -0.3 is 10.1 Å². The Labute approximate surface area is 173 Å². The SMILES string of the molecule is O=C(COC(=O)CCC(=O)c1ccc2c(c1)CCCC2)Nc1cccc([N+](=O)[O-])c1. The van der Waals surface area contributed by atoms with Gasteiger partial charge in [-0.2, -0.15) is 0 Å². The van der Waals surface area contributed by atoms with Gasteiger partial charge in [0.05, 0.1) is 11.3 Å². The summed E-state index contributed by atoms with van der Waals surface area (Å²) in [6.07, 6.45) is 4.17. The molecule has 2 aromatic carbocycles. The number of hydrogen-bond donors (Lipinski definition) is 1. The smallest absolute Gasteiger partial charge is 0.306 e. The molecule has 0 radical (unpaired) electrons. The van der Waals surface area contributed by atoms with Gasteiger partial charge in [-0.15, -0.1) is 0 Å². The first-order valence-electron chi connectivity index (χ1n) is 9.77. The molecule has 1 aliphatic carbocycles. The number of esters is 1. The summed E-state index contributed by atoms with van der Waals surface area (Å²) in [6.45, 7) is -0.533. The van der Waals surface area contributed by atoms with Crippen LogP contribution < -0.4 is 5.32 Å². The van der Waals surface area contributed by atoms with Crippen molar-refractivity contribution >= 4 is 29.0 Å². The number of anilines is 1. The number of rotatable bonds is 8. The van der Waals surface area contributed by atoms with Crippen LogP contribution in [0.25, 0.3) is 0 Å². The van der Waals surface area contributed by atoms with E-state index in [1.807, 2.05) is 12.1 Å². The lowest BCUT2D eigenvalue weighted by molar-refractivity contribution is -0.384. The standard InChI is InChI=1S/C22H22N2O6/c25-20(17-9-8-15-4-1-2-5-16(15)12-17)10-11-22(27)30-14-21(26)23-18-6-3-7-19(13-18)24(28)29/h3,6-9,12-13H,1-2,4-5,10-11,14H2,(H,23,26). The average Bonchev–Trinajstić information content (AvgIpc) is 2.75. The number of benzene rings is 2. The second-order valence-electron chi connectivity index (χ2n) is 7.13. The molecule has 0 fully saturated rings. The van der Waals surface area contributed by atoms with Crippen LogP contribution in [-0.4, -0.2) is 29.2 Å². The summed E-state index contributed by atoms with van der Waals surface area (Å²) < 4.78 is 4.89. The lowest BCUT2D eigenvalue weighted by atomic mass is 9.89. The molecule has 2 aromatic rings. The van der Waals surface area contributed by atoms with E-state index in [4.69, 9.17) is 4.74 Å². The van der Waals surface area contributed by atoms with Gasteiger partial charge in [0.1, 0.15) is 0 Å². The van der Waals surface area contributed by atoms with Gasteiger partial charge >= 0.3 is 5.97 Å². The lowest BCUT2D eigenvalue weighted by Gasteiger charge is -2.16. The number of aryl methyl sites for hydroxylation is 2. The quantitative estimate of drug-likeness (QED) is 0.308. The molecule has 8 nitrogen and oxygen atoms in total. The number of ketones is 1. The van der Waals surface area contributed by atoms with E-state index in [9.17, 15) is 24.5 Å². The Morgan fingerprint density at radius 1 is 1.00 bits per heavy atom. The number of nitro groups is 1. The Morgan fingerprint density at radius 2 is 1.77 bits per heavy atom. The number of non-ortho nitro benzene ring substituents is 1. The highest BCUT2D eigenvalue weighted by atomic mass is 16.6. The average molecular weight is 410 g/mol. The number of Topliss-reactive ketones (excluding diaryl/α,β-unsaturated/α-hetero) is 1. The van der Waals surface area contributed by atoms with Gasteiger partial charge in [0.15, 0.2) is 12.4 Å². The molecular weight excluding hydrogens is 388 g/mol. The zero-order valence-electron chi connectivity index (χ0n) is 16.4. The van der Waals surface area contributed by atoms with Crippen LogP contribution in [0.3, 0.4) is 0 Å². The highest BCUT2D eigenvalue weighted by Gasteiger charge is 2.15. The van der Waals surface area contributed by atoms with Crippen LogP contribution in [0.15, 0.2) is 42.5 Å². The molecule has 0 saturated heterocycles. The highest BCUT2D eigenvalue weighted by molar-refractivity contribution is 5.98. The largest absolute Gasteiger partial charge is 0.456 e. The summed E-state index contributed by atoms with van der Waals surface area (Å²) >= 11 is 0. The summed E-state index contributed by atoms with van der Waals surface area (Å²) in [4.78, 5) is 46.3. The van der Waals surface area contributed by atoms with E-state index >= 15 is 0 Å². The van der Waals surface area contributed by atoms with Gasteiger partial charge in [0, 0.05) is 29.8 Å². The summed E-state index contributed by atoms with van der Waals surface area (Å²) in [5, 5.41) is 13.2. The Kier molecular flexibility index (Phi) is 6.90. The maximum atomic E-state index is 12.4. The fraction of sp³-hybridized carbons (Fsp3) is 0.318. The van der Waals surface area contributed by atoms with Crippen molar-refractivity contribution in [2.75, 3.05) is 11.9 Å². The number of carbonyl (C=O) groups excluding carboxylic acids is 3. The molecule has 0 aromatic heterocycles. The van der Waals surface area contributed by atoms with E-state index in [1.165, 1.54) is 41.8 Å². The normalized spacial score (nSPS) is 12.5. The monoisotopic (exact) mass is 410 g/mol. The number of nitro benzene ring substituents is 1. The van der Waals surface area contributed by atoms with Crippen molar-refractivity contribution in [1.82, 2.24) is 0 Å². The van der Waals surface area contributed by atoms with E-state index in [1.54, 1.807) is 6.07 Å². The predicted octanol–water partition coefficient (Wildman–Crippen LogP) is 3.62. The molecule has 0 aliphatic heterocycles. The van der Waals surface area contributed by atoms with E-state index in [0.29, 0.717) is 5.56 Å². The molecule has 0 saturated carbocycles. The number of ether oxygens (including phenoxy) is 1. The third-order valence-corrected chi connectivity index (χ3v) is 4.93. The first-order valence-corrected chi connectivity index (χ1v) is 9.77. The lowest BCUT2D eigenvalue weighted by Crippen LogP contribution is -2.21. The molecule has 0 unspecified atom stereocenters. The van der Waals surface area contributed by atoms with Crippen LogP contribution >= 0.6 is 0 Å². The molecule has 0 spiro atoms. The summed E-state index contributed by atoms with van der Waals surface area (Å²) in [5.74, 6) is -1.42. The fourth-order valence-corrected chi connectivity index (χ4v) is 3.38. The molecular formula is C22H22N2O6. The Morgan fingerprint density at radius 3 is 2.53 bits per heavy atom. The maximum absolute atomic E-state index is 12.4. The van der Waals surface area contributed by atoms with E-state index in [0.717, 1.165) is 19.3 Å². The van der Waals surface area contributed by atoms with Crippen molar-refractivity contribution in [3.8, 4) is 0 Å². The minimum atomic E-state index is -0.657. The molecule has 1 amide bonds. The fourth-order valence-electron chi connectivity index (χ4n) is 3.38.